The molecule has 0 saturated carbocycles. The lowest BCUT2D eigenvalue weighted by Gasteiger charge is -2.23. The largest absolute Gasteiger partial charge is 0.370 e. The van der Waals surface area contributed by atoms with Crippen molar-refractivity contribution in [3.63, 3.8) is 0 Å². The summed E-state index contributed by atoms with van der Waals surface area (Å²) in [5, 5.41) is 2.92. The monoisotopic (exact) mass is 253 g/mol. The first-order valence-electron chi connectivity index (χ1n) is 5.07. The van der Waals surface area contributed by atoms with Crippen molar-refractivity contribution in [2.45, 2.75) is 6.17 Å². The van der Waals surface area contributed by atoms with Crippen LogP contribution in [0, 0.1) is 0 Å². The van der Waals surface area contributed by atoms with Crippen LogP contribution in [0.25, 0.3) is 0 Å². The summed E-state index contributed by atoms with van der Waals surface area (Å²) in [5.41, 5.74) is 6.76. The predicted molar refractivity (Wildman–Crippen MR) is 72.3 cm³/mol. The maximum absolute atomic E-state index is 5.72. The minimum absolute atomic E-state index is 0. The van der Waals surface area contributed by atoms with Gasteiger partial charge in [-0.3, -0.25) is 5.32 Å². The molecule has 0 fully saturated rings. The van der Waals surface area contributed by atoms with Gasteiger partial charge in [-0.2, -0.15) is 0 Å². The van der Waals surface area contributed by atoms with Crippen LogP contribution in [-0.2, 0) is 0 Å². The molecular formula is C11H16ClN5. The van der Waals surface area contributed by atoms with E-state index in [-0.39, 0.29) is 18.6 Å². The molecule has 1 aliphatic heterocycles. The van der Waals surface area contributed by atoms with Crippen molar-refractivity contribution >= 4 is 24.3 Å². The van der Waals surface area contributed by atoms with Crippen molar-refractivity contribution in [2.75, 3.05) is 14.1 Å². The molecule has 17 heavy (non-hydrogen) atoms. The molecule has 0 bridgehead atoms. The molecule has 3 N–H and O–H groups in total. The lowest BCUT2D eigenvalue weighted by Crippen LogP contribution is -2.46. The van der Waals surface area contributed by atoms with Crippen LogP contribution in [0.5, 0.6) is 0 Å². The van der Waals surface area contributed by atoms with E-state index >= 15 is 0 Å². The molecule has 1 heterocycles. The molecule has 1 aromatic rings. The average Bonchev–Trinajstić information content (AvgIpc) is 2.29. The van der Waals surface area contributed by atoms with Gasteiger partial charge >= 0.3 is 0 Å². The van der Waals surface area contributed by atoms with Gasteiger partial charge in [0.15, 0.2) is 12.1 Å². The number of nitrogens with two attached hydrogens (primary N) is 1. The van der Waals surface area contributed by atoms with Gasteiger partial charge in [0.1, 0.15) is 0 Å². The Labute approximate surface area is 107 Å². The van der Waals surface area contributed by atoms with Crippen molar-refractivity contribution in [3.8, 4) is 0 Å². The number of aliphatic imine (C=N–C) groups is 2. The van der Waals surface area contributed by atoms with Crippen molar-refractivity contribution in [1.29, 1.82) is 0 Å². The summed E-state index contributed by atoms with van der Waals surface area (Å²) < 4.78 is 0. The number of halogens is 1. The maximum atomic E-state index is 5.72. The number of nitrogens with one attached hydrogen (secondary N) is 1. The zero-order chi connectivity index (χ0) is 11.5. The molecule has 1 unspecified atom stereocenters. The molecule has 0 saturated heterocycles. The second-order valence-corrected chi connectivity index (χ2v) is 3.77. The summed E-state index contributed by atoms with van der Waals surface area (Å²) in [6.45, 7) is 0. The van der Waals surface area contributed by atoms with Gasteiger partial charge in [0.2, 0.25) is 5.96 Å². The van der Waals surface area contributed by atoms with Crippen molar-refractivity contribution in [1.82, 2.24) is 10.2 Å². The maximum Gasteiger partial charge on any atom is 0.202 e. The minimum atomic E-state index is -0.250. The summed E-state index contributed by atoms with van der Waals surface area (Å²) in [5.74, 6) is 1.12. The van der Waals surface area contributed by atoms with Crippen LogP contribution in [0.4, 0.5) is 0 Å². The van der Waals surface area contributed by atoms with E-state index in [0.29, 0.717) is 5.96 Å². The Hall–Kier alpha value is -1.75. The average molecular weight is 254 g/mol. The number of nitrogens with zero attached hydrogens (tertiary/aromatic N) is 3. The summed E-state index contributed by atoms with van der Waals surface area (Å²) in [7, 11) is 3.82. The minimum Gasteiger partial charge on any atom is -0.370 e. The highest BCUT2D eigenvalue weighted by Crippen LogP contribution is 2.20. The highest BCUT2D eigenvalue weighted by molar-refractivity contribution is 5.99. The summed E-state index contributed by atoms with van der Waals surface area (Å²) in [6, 6.07) is 9.88. The van der Waals surface area contributed by atoms with E-state index in [1.807, 2.05) is 49.3 Å². The molecule has 2 rings (SSSR count). The first-order valence-corrected chi connectivity index (χ1v) is 5.07. The van der Waals surface area contributed by atoms with Gasteiger partial charge < -0.3 is 10.6 Å². The second kappa shape index (κ2) is 5.54. The quantitative estimate of drug-likeness (QED) is 0.783. The highest BCUT2D eigenvalue weighted by Gasteiger charge is 2.17. The Morgan fingerprint density at radius 3 is 2.41 bits per heavy atom. The third-order valence-electron chi connectivity index (χ3n) is 2.27. The summed E-state index contributed by atoms with van der Waals surface area (Å²) >= 11 is 0. The van der Waals surface area contributed by atoms with Crippen LogP contribution in [0.3, 0.4) is 0 Å². The van der Waals surface area contributed by atoms with E-state index < -0.39 is 0 Å². The van der Waals surface area contributed by atoms with E-state index in [1.54, 1.807) is 0 Å². The lowest BCUT2D eigenvalue weighted by molar-refractivity contribution is 0.579. The van der Waals surface area contributed by atoms with E-state index in [2.05, 4.69) is 15.3 Å². The van der Waals surface area contributed by atoms with Gasteiger partial charge in [-0.15, -0.1) is 12.4 Å². The molecule has 1 atom stereocenters. The molecule has 0 aromatic heterocycles. The summed E-state index contributed by atoms with van der Waals surface area (Å²) in [6.07, 6.45) is -0.250. The molecular weight excluding hydrogens is 238 g/mol. The molecule has 0 radical (unpaired) electrons. The molecule has 0 amide bonds. The molecule has 92 valence electrons. The van der Waals surface area contributed by atoms with Gasteiger partial charge in [0.25, 0.3) is 0 Å². The van der Waals surface area contributed by atoms with Crippen LogP contribution in [0.15, 0.2) is 40.3 Å². The van der Waals surface area contributed by atoms with E-state index in [9.17, 15) is 0 Å². The SMILES string of the molecule is CN(C)C1=NC(c2ccccc2)N=C(N)N1.Cl. The first kappa shape index (κ1) is 13.3. The van der Waals surface area contributed by atoms with Crippen LogP contribution in [-0.4, -0.2) is 30.9 Å². The normalized spacial score (nSPS) is 18.4. The first-order chi connectivity index (χ1) is 7.66. The molecule has 1 aromatic carbocycles. The Morgan fingerprint density at radius 1 is 1.18 bits per heavy atom. The van der Waals surface area contributed by atoms with Crippen molar-refractivity contribution in [3.05, 3.63) is 35.9 Å². The number of hydrogen-bond donors (Lipinski definition) is 2. The second-order valence-electron chi connectivity index (χ2n) is 3.77. The van der Waals surface area contributed by atoms with E-state index in [4.69, 9.17) is 5.73 Å². The van der Waals surface area contributed by atoms with Crippen LogP contribution < -0.4 is 11.1 Å². The number of benzene rings is 1. The number of guanidine groups is 2. The topological polar surface area (TPSA) is 66.0 Å². The van der Waals surface area contributed by atoms with Crippen LogP contribution in [0.1, 0.15) is 11.7 Å². The predicted octanol–water partition coefficient (Wildman–Crippen LogP) is 0.942. The fourth-order valence-electron chi connectivity index (χ4n) is 1.46. The summed E-state index contributed by atoms with van der Waals surface area (Å²) in [4.78, 5) is 10.6. The Kier molecular flexibility index (Phi) is 4.34. The van der Waals surface area contributed by atoms with Crippen molar-refractivity contribution < 1.29 is 0 Å². The number of rotatable bonds is 1. The van der Waals surface area contributed by atoms with Gasteiger partial charge in [-0.1, -0.05) is 30.3 Å². The zero-order valence-electron chi connectivity index (χ0n) is 9.79. The Morgan fingerprint density at radius 2 is 1.82 bits per heavy atom. The smallest absolute Gasteiger partial charge is 0.202 e. The fraction of sp³-hybridized carbons (Fsp3) is 0.273. The standard InChI is InChI=1S/C11H15N5.ClH/c1-16(2)11-14-9(13-10(12)15-11)8-6-4-3-5-7-8;/h3-7,9H,1-2H3,(H3,12,13,14,15);1H. The van der Waals surface area contributed by atoms with Gasteiger partial charge in [-0.05, 0) is 5.56 Å². The molecule has 5 nitrogen and oxygen atoms in total. The molecule has 6 heteroatoms. The highest BCUT2D eigenvalue weighted by atomic mass is 35.5. The molecule has 0 spiro atoms. The van der Waals surface area contributed by atoms with Crippen molar-refractivity contribution in [2.24, 2.45) is 15.7 Å². The molecule has 1 aliphatic rings. The third-order valence-corrected chi connectivity index (χ3v) is 2.27. The van der Waals surface area contributed by atoms with Gasteiger partial charge in [-0.25, -0.2) is 9.98 Å². The Balaban J connectivity index is 0.00000144. The van der Waals surface area contributed by atoms with Gasteiger partial charge in [0.05, 0.1) is 0 Å². The van der Waals surface area contributed by atoms with E-state index in [1.165, 1.54) is 0 Å². The van der Waals surface area contributed by atoms with Gasteiger partial charge in [0, 0.05) is 14.1 Å². The van der Waals surface area contributed by atoms with Crippen LogP contribution >= 0.6 is 12.4 Å². The Bertz CT molecular complexity index is 427. The number of hydrogen-bond acceptors (Lipinski definition) is 5. The molecule has 0 aliphatic carbocycles. The van der Waals surface area contributed by atoms with Crippen LogP contribution in [0.2, 0.25) is 0 Å². The zero-order valence-corrected chi connectivity index (χ0v) is 10.6. The third kappa shape index (κ3) is 3.10. The fourth-order valence-corrected chi connectivity index (χ4v) is 1.46. The van der Waals surface area contributed by atoms with E-state index in [0.717, 1.165) is 11.5 Å². The lowest BCUT2D eigenvalue weighted by atomic mass is 10.2.